The van der Waals surface area contributed by atoms with E-state index in [0.717, 1.165) is 11.0 Å². The molecule has 0 spiro atoms. The molecule has 1 heterocycles. The van der Waals surface area contributed by atoms with Crippen LogP contribution in [-0.2, 0) is 9.53 Å². The Kier molecular flexibility index (Phi) is 4.06. The highest BCUT2D eigenvalue weighted by molar-refractivity contribution is 6.22. The van der Waals surface area contributed by atoms with Gasteiger partial charge in [-0.25, -0.2) is 9.18 Å². The van der Waals surface area contributed by atoms with Gasteiger partial charge in [0.15, 0.2) is 0 Å². The van der Waals surface area contributed by atoms with Crippen LogP contribution in [0.25, 0.3) is 0 Å². The van der Waals surface area contributed by atoms with Crippen molar-refractivity contribution in [3.63, 3.8) is 0 Å². The highest BCUT2D eigenvalue weighted by Crippen LogP contribution is 2.30. The molecule has 0 saturated carbocycles. The van der Waals surface area contributed by atoms with E-state index in [2.05, 4.69) is 0 Å². The third-order valence-corrected chi connectivity index (χ3v) is 3.80. The molecule has 1 aliphatic heterocycles. The Labute approximate surface area is 121 Å². The summed E-state index contributed by atoms with van der Waals surface area (Å²) in [7, 11) is 1.19. The number of fused-ring (bicyclic) bond motifs is 1. The second-order valence-electron chi connectivity index (χ2n) is 5.00. The van der Waals surface area contributed by atoms with E-state index in [9.17, 15) is 18.8 Å². The third-order valence-electron chi connectivity index (χ3n) is 3.80. The standard InChI is InChI=1S/C15H16FNO4/c1-4-8(2)12(15(20)21-3)17-13(18)9-6-5-7-10(16)11(9)14(17)19/h5-8,12H,4H2,1-3H3/t8?,12-/m0/s1. The minimum Gasteiger partial charge on any atom is -0.467 e. The summed E-state index contributed by atoms with van der Waals surface area (Å²) in [5, 5.41) is 0. The molecule has 0 bridgehead atoms. The average Bonchev–Trinajstić information content (AvgIpc) is 2.73. The van der Waals surface area contributed by atoms with Gasteiger partial charge in [0.05, 0.1) is 18.2 Å². The van der Waals surface area contributed by atoms with Crippen LogP contribution in [0.1, 0.15) is 41.0 Å². The van der Waals surface area contributed by atoms with Crippen LogP contribution in [0.2, 0.25) is 0 Å². The first-order valence-corrected chi connectivity index (χ1v) is 6.68. The quantitative estimate of drug-likeness (QED) is 0.629. The number of halogens is 1. The number of esters is 1. The first kappa shape index (κ1) is 15.2. The fourth-order valence-electron chi connectivity index (χ4n) is 2.45. The molecule has 5 nitrogen and oxygen atoms in total. The molecule has 1 unspecified atom stereocenters. The second kappa shape index (κ2) is 5.63. The van der Waals surface area contributed by atoms with Crippen LogP contribution < -0.4 is 0 Å². The molecule has 1 aromatic rings. The number of carbonyl (C=O) groups is 3. The van der Waals surface area contributed by atoms with E-state index >= 15 is 0 Å². The van der Waals surface area contributed by atoms with Gasteiger partial charge in [-0.05, 0) is 18.1 Å². The van der Waals surface area contributed by atoms with Crippen LogP contribution >= 0.6 is 0 Å². The lowest BCUT2D eigenvalue weighted by Gasteiger charge is -2.28. The van der Waals surface area contributed by atoms with Gasteiger partial charge in [-0.15, -0.1) is 0 Å². The fourth-order valence-corrected chi connectivity index (χ4v) is 2.45. The summed E-state index contributed by atoms with van der Waals surface area (Å²) in [6, 6.07) is 2.80. The van der Waals surface area contributed by atoms with E-state index < -0.39 is 29.6 Å². The van der Waals surface area contributed by atoms with Gasteiger partial charge >= 0.3 is 5.97 Å². The van der Waals surface area contributed by atoms with E-state index in [-0.39, 0.29) is 17.0 Å². The number of ether oxygens (including phenoxy) is 1. The summed E-state index contributed by atoms with van der Waals surface area (Å²) in [6.07, 6.45) is 0.565. The van der Waals surface area contributed by atoms with Crippen molar-refractivity contribution in [3.05, 3.63) is 35.1 Å². The summed E-state index contributed by atoms with van der Waals surface area (Å²) in [6.45, 7) is 3.57. The van der Waals surface area contributed by atoms with Crippen LogP contribution in [0, 0.1) is 11.7 Å². The maximum absolute atomic E-state index is 13.8. The summed E-state index contributed by atoms with van der Waals surface area (Å²) in [5.74, 6) is -3.18. The molecule has 2 amide bonds. The van der Waals surface area contributed by atoms with Gasteiger partial charge in [-0.2, -0.15) is 0 Å². The Hall–Kier alpha value is -2.24. The number of benzene rings is 1. The zero-order chi connectivity index (χ0) is 15.7. The molecular formula is C15H16FNO4. The van der Waals surface area contributed by atoms with E-state index in [1.54, 1.807) is 6.92 Å². The van der Waals surface area contributed by atoms with Gasteiger partial charge in [0.2, 0.25) is 0 Å². The largest absolute Gasteiger partial charge is 0.467 e. The zero-order valence-electron chi connectivity index (χ0n) is 12.1. The lowest BCUT2D eigenvalue weighted by atomic mass is 9.97. The summed E-state index contributed by atoms with van der Waals surface area (Å²) < 4.78 is 18.5. The van der Waals surface area contributed by atoms with E-state index in [0.29, 0.717) is 6.42 Å². The number of methoxy groups -OCH3 is 1. The third kappa shape index (κ3) is 2.30. The lowest BCUT2D eigenvalue weighted by molar-refractivity contribution is -0.147. The van der Waals surface area contributed by atoms with E-state index in [1.165, 1.54) is 19.2 Å². The van der Waals surface area contributed by atoms with Crippen LogP contribution in [0.15, 0.2) is 18.2 Å². The Morgan fingerprint density at radius 3 is 2.52 bits per heavy atom. The highest BCUT2D eigenvalue weighted by Gasteiger charge is 2.46. The Balaban J connectivity index is 2.50. The van der Waals surface area contributed by atoms with Gasteiger partial charge in [-0.1, -0.05) is 26.3 Å². The summed E-state index contributed by atoms with van der Waals surface area (Å²) in [4.78, 5) is 37.5. The van der Waals surface area contributed by atoms with Crippen molar-refractivity contribution in [3.8, 4) is 0 Å². The first-order valence-electron chi connectivity index (χ1n) is 6.68. The molecule has 0 aliphatic carbocycles. The van der Waals surface area contributed by atoms with Gasteiger partial charge < -0.3 is 4.74 Å². The maximum Gasteiger partial charge on any atom is 0.329 e. The smallest absolute Gasteiger partial charge is 0.329 e. The predicted molar refractivity (Wildman–Crippen MR) is 72.2 cm³/mol. The molecule has 0 saturated heterocycles. The normalized spacial score (nSPS) is 16.7. The number of rotatable bonds is 4. The highest BCUT2D eigenvalue weighted by atomic mass is 19.1. The molecule has 0 aromatic heterocycles. The summed E-state index contributed by atoms with van der Waals surface area (Å²) >= 11 is 0. The molecule has 0 radical (unpaired) electrons. The lowest BCUT2D eigenvalue weighted by Crippen LogP contribution is -2.49. The number of carbonyl (C=O) groups excluding carboxylic acids is 3. The number of nitrogens with zero attached hydrogens (tertiary/aromatic N) is 1. The van der Waals surface area contributed by atoms with Crippen molar-refractivity contribution in [2.45, 2.75) is 26.3 Å². The predicted octanol–water partition coefficient (Wildman–Crippen LogP) is 2.01. The Morgan fingerprint density at radius 2 is 2.00 bits per heavy atom. The van der Waals surface area contributed by atoms with Crippen molar-refractivity contribution in [2.24, 2.45) is 5.92 Å². The molecule has 2 rings (SSSR count). The maximum atomic E-state index is 13.8. The topological polar surface area (TPSA) is 63.7 Å². The van der Waals surface area contributed by atoms with Crippen LogP contribution in [0.3, 0.4) is 0 Å². The molecule has 112 valence electrons. The average molecular weight is 293 g/mol. The van der Waals surface area contributed by atoms with Crippen molar-refractivity contribution in [2.75, 3.05) is 7.11 Å². The van der Waals surface area contributed by atoms with Gasteiger partial charge in [0.25, 0.3) is 11.8 Å². The number of hydrogen-bond donors (Lipinski definition) is 0. The summed E-state index contributed by atoms with van der Waals surface area (Å²) in [5.41, 5.74) is -0.295. The molecule has 1 aromatic carbocycles. The van der Waals surface area contributed by atoms with Crippen molar-refractivity contribution < 1.29 is 23.5 Å². The monoisotopic (exact) mass is 293 g/mol. The SMILES string of the molecule is CCC(C)[C@@H](C(=O)OC)N1C(=O)c2cccc(F)c2C1=O. The Bertz CT molecular complexity index is 614. The van der Waals surface area contributed by atoms with Gasteiger partial charge in [0, 0.05) is 0 Å². The molecule has 0 fully saturated rings. The van der Waals surface area contributed by atoms with Gasteiger partial charge in [-0.3, -0.25) is 14.5 Å². The minimum absolute atomic E-state index is 0.0165. The molecule has 6 heteroatoms. The molecular weight excluding hydrogens is 277 g/mol. The van der Waals surface area contributed by atoms with Crippen LogP contribution in [0.5, 0.6) is 0 Å². The zero-order valence-corrected chi connectivity index (χ0v) is 12.1. The van der Waals surface area contributed by atoms with Crippen LogP contribution in [-0.4, -0.2) is 35.8 Å². The van der Waals surface area contributed by atoms with E-state index in [4.69, 9.17) is 4.74 Å². The number of imide groups is 1. The molecule has 1 aliphatic rings. The van der Waals surface area contributed by atoms with E-state index in [1.807, 2.05) is 6.92 Å². The van der Waals surface area contributed by atoms with Crippen molar-refractivity contribution in [1.82, 2.24) is 4.90 Å². The molecule has 0 N–H and O–H groups in total. The Morgan fingerprint density at radius 1 is 1.33 bits per heavy atom. The fraction of sp³-hybridized carbons (Fsp3) is 0.400. The van der Waals surface area contributed by atoms with Crippen molar-refractivity contribution >= 4 is 17.8 Å². The molecule has 2 atom stereocenters. The van der Waals surface area contributed by atoms with Gasteiger partial charge in [0.1, 0.15) is 11.9 Å². The van der Waals surface area contributed by atoms with Crippen LogP contribution in [0.4, 0.5) is 4.39 Å². The minimum atomic E-state index is -1.05. The first-order chi connectivity index (χ1) is 9.93. The number of amides is 2. The second-order valence-corrected chi connectivity index (χ2v) is 5.00. The van der Waals surface area contributed by atoms with Crippen molar-refractivity contribution in [1.29, 1.82) is 0 Å². The number of hydrogen-bond acceptors (Lipinski definition) is 4. The molecule has 21 heavy (non-hydrogen) atoms.